The molecule has 0 aromatic carbocycles. The van der Waals surface area contributed by atoms with Gasteiger partial charge >= 0.3 is 141 Å². The van der Waals surface area contributed by atoms with E-state index in [4.69, 9.17) is 56.2 Å². The molecule has 29 heavy (non-hydrogen) atoms. The predicted molar refractivity (Wildman–Crippen MR) is 61.6 cm³/mol. The van der Waals surface area contributed by atoms with Crippen LogP contribution in [-0.4, -0.2) is 127 Å². The minimum atomic E-state index is -3.63. The fraction of sp³-hybridized carbons (Fsp3) is 0. The molecule has 19 nitrogen and oxygen atoms in total. The SMILES string of the molecule is O.O.O.O=[Si]([O-])[O-].O=[Si]([O-])[O-].O=[Si]([O-])[O-].O=[Si]([O-])[O-].[Al+3].[Al+3].[Al+3].[Na+].[Na+].[Na+].[OH-].[OH-].[OH-].[OH-]. The quantitative estimate of drug-likeness (QED) is 0.241. The summed E-state index contributed by atoms with van der Waals surface area (Å²) in [5.41, 5.74) is 0. The maximum atomic E-state index is 8.52. The minimum absolute atomic E-state index is 0. The molecule has 0 saturated carbocycles. The first kappa shape index (κ1) is 138. The van der Waals surface area contributed by atoms with E-state index < -0.39 is 36.7 Å². The van der Waals surface area contributed by atoms with Gasteiger partial charge in [0, 0.05) is 36.7 Å². The third kappa shape index (κ3) is 3290. The van der Waals surface area contributed by atoms with Gasteiger partial charge < -0.3 is 94.5 Å². The Hall–Kier alpha value is 2.78. The Labute approximate surface area is 268 Å². The van der Waals surface area contributed by atoms with Crippen LogP contribution in [0.1, 0.15) is 0 Å². The van der Waals surface area contributed by atoms with Gasteiger partial charge in [-0.3, -0.25) is 0 Å². The van der Waals surface area contributed by atoms with E-state index in [2.05, 4.69) is 0 Å². The fourth-order valence-corrected chi connectivity index (χ4v) is 0. The van der Waals surface area contributed by atoms with Crippen molar-refractivity contribution in [2.45, 2.75) is 0 Å². The first-order chi connectivity index (χ1) is 6.93. The van der Waals surface area contributed by atoms with Gasteiger partial charge in [-0.05, 0) is 0 Å². The summed E-state index contributed by atoms with van der Waals surface area (Å²) < 4.78 is 34.1. The van der Waals surface area contributed by atoms with E-state index in [1.807, 2.05) is 0 Å². The molecule has 0 aliphatic heterocycles. The Bertz CT molecular complexity index is 183. The fourth-order valence-electron chi connectivity index (χ4n) is 0. The summed E-state index contributed by atoms with van der Waals surface area (Å²) in [6.07, 6.45) is 0. The molecule has 0 fully saturated rings. The first-order valence-corrected chi connectivity index (χ1v) is 7.35. The standard InChI is InChI=1S/3Al.3Na.4O3Si.7H2O/c;;;;;;4*1-4(2)3;;;;;;;/h;;;;;;;;;;7*1H2/q3*+3;3*+1;4*-2;;;;;;;/p-4. The van der Waals surface area contributed by atoms with Crippen LogP contribution in [0.2, 0.25) is 0 Å². The summed E-state index contributed by atoms with van der Waals surface area (Å²) in [7, 11) is -14.5. The topological polar surface area (TPSA) is 467 Å². The van der Waals surface area contributed by atoms with Crippen molar-refractivity contribution in [3.05, 3.63) is 0 Å². The van der Waals surface area contributed by atoms with Crippen molar-refractivity contribution in [1.29, 1.82) is 0 Å². The summed E-state index contributed by atoms with van der Waals surface area (Å²) in [6.45, 7) is 0. The van der Waals surface area contributed by atoms with E-state index in [1.54, 1.807) is 0 Å². The van der Waals surface area contributed by atoms with Gasteiger partial charge in [-0.1, -0.05) is 0 Å². The summed E-state index contributed by atoms with van der Waals surface area (Å²) >= 11 is 0. The van der Waals surface area contributed by atoms with Gasteiger partial charge in [0.1, 0.15) is 0 Å². The van der Waals surface area contributed by atoms with Gasteiger partial charge in [-0.2, -0.15) is 0 Å². The minimum Gasteiger partial charge on any atom is -0.870 e. The number of hydrogen-bond donors (Lipinski definition) is 0. The van der Waals surface area contributed by atoms with E-state index in [1.165, 1.54) is 0 Å². The van der Waals surface area contributed by atoms with Gasteiger partial charge in [0.05, 0.1) is 0 Å². The molecular formula is H10Al3Na3O19Si4. The van der Waals surface area contributed by atoms with Crippen molar-refractivity contribution in [3.63, 3.8) is 0 Å². The van der Waals surface area contributed by atoms with Crippen molar-refractivity contribution in [1.82, 2.24) is 0 Å². The summed E-state index contributed by atoms with van der Waals surface area (Å²) in [5.74, 6) is 0. The van der Waals surface area contributed by atoms with Gasteiger partial charge in [-0.15, -0.1) is 0 Å². The average Bonchev–Trinajstić information content (AvgIpc) is 1.76. The van der Waals surface area contributed by atoms with Gasteiger partial charge in [0.2, 0.25) is 0 Å². The van der Waals surface area contributed by atoms with Crippen LogP contribution in [0.5, 0.6) is 0 Å². The Morgan fingerprint density at radius 1 is 0.345 bits per heavy atom. The van der Waals surface area contributed by atoms with E-state index in [0.29, 0.717) is 0 Å². The summed E-state index contributed by atoms with van der Waals surface area (Å²) in [5, 5.41) is 0. The van der Waals surface area contributed by atoms with Gasteiger partial charge in [0.15, 0.2) is 0 Å². The molecule has 0 heterocycles. The average molecular weight is 576 g/mol. The Morgan fingerprint density at radius 2 is 0.345 bits per heavy atom. The monoisotopic (exact) mass is 576 g/mol. The van der Waals surface area contributed by atoms with Crippen LogP contribution < -0.4 is 127 Å². The molecular weight excluding hydrogens is 566 g/mol. The van der Waals surface area contributed by atoms with Crippen molar-refractivity contribution in [2.75, 3.05) is 0 Å². The molecule has 0 atom stereocenters. The molecule has 0 aromatic rings. The Kier molecular flexibility index (Phi) is 594. The zero-order valence-electron chi connectivity index (χ0n) is 14.9. The zero-order valence-corrected chi connectivity index (χ0v) is 28.4. The molecule has 0 spiro atoms. The van der Waals surface area contributed by atoms with Gasteiger partial charge in [0.25, 0.3) is 0 Å². The largest absolute Gasteiger partial charge is 3.00 e. The molecule has 0 aromatic heterocycles. The number of rotatable bonds is 0. The molecule has 0 aliphatic carbocycles. The molecule has 152 valence electrons. The molecule has 0 unspecified atom stereocenters. The van der Waals surface area contributed by atoms with E-state index in [9.17, 15) is 0 Å². The number of hydrogen-bond acceptors (Lipinski definition) is 16. The third-order valence-corrected chi connectivity index (χ3v) is 0. The van der Waals surface area contributed by atoms with Gasteiger partial charge in [-0.25, -0.2) is 0 Å². The van der Waals surface area contributed by atoms with Crippen LogP contribution in [0.3, 0.4) is 0 Å². The second kappa shape index (κ2) is 125. The van der Waals surface area contributed by atoms with Crippen LogP contribution in [-0.2, 0) is 17.8 Å². The summed E-state index contributed by atoms with van der Waals surface area (Å²) in [4.78, 5) is 68.1. The van der Waals surface area contributed by atoms with Crippen LogP contribution in [0.25, 0.3) is 0 Å². The van der Waals surface area contributed by atoms with Crippen molar-refractivity contribution in [2.24, 2.45) is 0 Å². The van der Waals surface area contributed by atoms with Crippen molar-refractivity contribution < 1.29 is 183 Å². The molecule has 0 radical (unpaired) electrons. The second-order valence-corrected chi connectivity index (χ2v) is 3.00. The molecule has 0 aliphatic rings. The Morgan fingerprint density at radius 3 is 0.345 bits per heavy atom. The van der Waals surface area contributed by atoms with E-state index in [-0.39, 0.29) is 179 Å². The molecule has 29 heteroatoms. The van der Waals surface area contributed by atoms with Crippen LogP contribution >= 0.6 is 0 Å². The maximum Gasteiger partial charge on any atom is 3.00 e. The second-order valence-electron chi connectivity index (χ2n) is 1.00. The Balaban J connectivity index is -0.00000000384. The zero-order chi connectivity index (χ0) is 14.3. The smallest absolute Gasteiger partial charge is 0.870 e. The molecule has 10 N–H and O–H groups in total. The summed E-state index contributed by atoms with van der Waals surface area (Å²) in [6, 6.07) is 0. The normalized spacial score (nSPS) is 3.31. The van der Waals surface area contributed by atoms with Crippen LogP contribution in [0.15, 0.2) is 0 Å². The van der Waals surface area contributed by atoms with E-state index >= 15 is 0 Å². The van der Waals surface area contributed by atoms with Crippen molar-refractivity contribution in [3.8, 4) is 0 Å². The maximum absolute atomic E-state index is 8.52. The molecule has 0 amide bonds. The predicted octanol–water partition coefficient (Wildman–Crippen LogP) is -24.8. The third-order valence-electron chi connectivity index (χ3n) is 0. The van der Waals surface area contributed by atoms with Crippen LogP contribution in [0.4, 0.5) is 0 Å². The molecule has 0 bridgehead atoms. The molecule has 0 saturated heterocycles. The first-order valence-electron chi connectivity index (χ1n) is 2.45. The van der Waals surface area contributed by atoms with Crippen LogP contribution in [0, 0.1) is 0 Å². The van der Waals surface area contributed by atoms with Crippen molar-refractivity contribution >= 4 is 88.8 Å². The van der Waals surface area contributed by atoms with E-state index in [0.717, 1.165) is 0 Å². The molecule has 0 rings (SSSR count).